The van der Waals surface area contributed by atoms with Gasteiger partial charge in [-0.2, -0.15) is 4.98 Å². The molecule has 0 unspecified atom stereocenters. The second kappa shape index (κ2) is 8.32. The molecule has 0 fully saturated rings. The normalized spacial score (nSPS) is 11.1. The summed E-state index contributed by atoms with van der Waals surface area (Å²) >= 11 is 5.93. The minimum absolute atomic E-state index is 0.0976. The molecule has 0 aliphatic rings. The van der Waals surface area contributed by atoms with Gasteiger partial charge in [0.15, 0.2) is 5.65 Å². The SMILES string of the molecule is O=C(Cn1nc2c(-c3nc(-c4cccc(F)c4)no3)cccn2c1=O)Nc1cccc(Cl)c1. The highest BCUT2D eigenvalue weighted by Gasteiger charge is 2.19. The Morgan fingerprint density at radius 2 is 1.97 bits per heavy atom. The van der Waals surface area contributed by atoms with E-state index >= 15 is 0 Å². The molecule has 3 heterocycles. The topological polar surface area (TPSA) is 107 Å². The first kappa shape index (κ1) is 20.6. The number of anilines is 1. The lowest BCUT2D eigenvalue weighted by atomic mass is 10.2. The molecule has 0 aliphatic heterocycles. The number of rotatable bonds is 5. The van der Waals surface area contributed by atoms with Gasteiger partial charge in [-0.15, -0.1) is 5.10 Å². The summed E-state index contributed by atoms with van der Waals surface area (Å²) in [5.41, 5.74) is 1.04. The average molecular weight is 465 g/mol. The molecule has 0 saturated carbocycles. The third-order valence-electron chi connectivity index (χ3n) is 4.75. The van der Waals surface area contributed by atoms with Crippen LogP contribution in [-0.4, -0.2) is 30.2 Å². The molecule has 164 valence electrons. The number of carbonyl (C=O) groups excluding carboxylic acids is 1. The van der Waals surface area contributed by atoms with Crippen LogP contribution in [0.5, 0.6) is 0 Å². The maximum absolute atomic E-state index is 13.5. The summed E-state index contributed by atoms with van der Waals surface area (Å²) in [6.45, 7) is -0.315. The van der Waals surface area contributed by atoms with Crippen molar-refractivity contribution >= 4 is 28.8 Å². The lowest BCUT2D eigenvalue weighted by Gasteiger charge is -2.04. The molecule has 0 atom stereocenters. The molecule has 2 aromatic carbocycles. The number of hydrogen-bond donors (Lipinski definition) is 1. The Morgan fingerprint density at radius 1 is 1.12 bits per heavy atom. The molecule has 11 heteroatoms. The predicted molar refractivity (Wildman–Crippen MR) is 118 cm³/mol. The van der Waals surface area contributed by atoms with E-state index in [1.807, 2.05) is 0 Å². The number of pyridine rings is 1. The first-order chi connectivity index (χ1) is 16.0. The minimum Gasteiger partial charge on any atom is -0.333 e. The number of nitrogens with zero attached hydrogens (tertiary/aromatic N) is 5. The fourth-order valence-corrected chi connectivity index (χ4v) is 3.48. The summed E-state index contributed by atoms with van der Waals surface area (Å²) in [7, 11) is 0. The molecule has 5 aromatic rings. The Labute approximate surface area is 190 Å². The standard InChI is InChI=1S/C22H14ClFN6O3/c23-14-5-2-7-16(11-14)25-18(31)12-30-22(32)29-9-3-8-17(20(29)27-30)21-26-19(28-33-21)13-4-1-6-15(24)10-13/h1-11H,12H2,(H,25,31). The second-order valence-corrected chi connectivity index (χ2v) is 7.48. The summed E-state index contributed by atoms with van der Waals surface area (Å²) in [6.07, 6.45) is 1.52. The van der Waals surface area contributed by atoms with Crippen molar-refractivity contribution in [2.24, 2.45) is 0 Å². The molecule has 33 heavy (non-hydrogen) atoms. The highest BCUT2D eigenvalue weighted by molar-refractivity contribution is 6.30. The molecule has 1 N–H and O–H groups in total. The van der Waals surface area contributed by atoms with Gasteiger partial charge < -0.3 is 9.84 Å². The van der Waals surface area contributed by atoms with Crippen molar-refractivity contribution < 1.29 is 13.7 Å². The number of nitrogens with one attached hydrogen (secondary N) is 1. The molecule has 1 amide bonds. The van der Waals surface area contributed by atoms with E-state index in [-0.39, 0.29) is 23.9 Å². The first-order valence-electron chi connectivity index (χ1n) is 9.71. The molecule has 0 bridgehead atoms. The zero-order valence-electron chi connectivity index (χ0n) is 16.8. The fraction of sp³-hybridized carbons (Fsp3) is 0.0455. The molecule has 9 nitrogen and oxygen atoms in total. The van der Waals surface area contributed by atoms with Crippen LogP contribution in [0.4, 0.5) is 10.1 Å². The van der Waals surface area contributed by atoms with Crippen LogP contribution in [0.25, 0.3) is 28.5 Å². The van der Waals surface area contributed by atoms with Gasteiger partial charge in [0.25, 0.3) is 5.89 Å². The lowest BCUT2D eigenvalue weighted by molar-refractivity contribution is -0.117. The van der Waals surface area contributed by atoms with Gasteiger partial charge in [0, 0.05) is 22.5 Å². The average Bonchev–Trinajstić information content (AvgIpc) is 3.39. The smallest absolute Gasteiger partial charge is 0.333 e. The van der Waals surface area contributed by atoms with Crippen molar-refractivity contribution in [3.63, 3.8) is 0 Å². The number of fused-ring (bicyclic) bond motifs is 1. The lowest BCUT2D eigenvalue weighted by Crippen LogP contribution is -2.28. The van der Waals surface area contributed by atoms with Gasteiger partial charge in [0.1, 0.15) is 12.4 Å². The number of hydrogen-bond acceptors (Lipinski definition) is 6. The zero-order valence-corrected chi connectivity index (χ0v) is 17.5. The third-order valence-corrected chi connectivity index (χ3v) is 4.99. The van der Waals surface area contributed by atoms with Crippen molar-refractivity contribution in [2.45, 2.75) is 6.54 Å². The van der Waals surface area contributed by atoms with Crippen molar-refractivity contribution in [3.8, 4) is 22.8 Å². The Bertz CT molecular complexity index is 1560. The summed E-state index contributed by atoms with van der Waals surface area (Å²) in [5.74, 6) is -0.590. The van der Waals surface area contributed by atoms with Gasteiger partial charge >= 0.3 is 5.69 Å². The van der Waals surface area contributed by atoms with E-state index in [1.165, 1.54) is 28.8 Å². The molecule has 0 aliphatic carbocycles. The van der Waals surface area contributed by atoms with Gasteiger partial charge in [-0.1, -0.05) is 35.0 Å². The van der Waals surface area contributed by atoms with Crippen LogP contribution in [0, 0.1) is 5.82 Å². The van der Waals surface area contributed by atoms with Crippen LogP contribution in [0.15, 0.2) is 76.2 Å². The van der Waals surface area contributed by atoms with E-state index in [4.69, 9.17) is 16.1 Å². The Morgan fingerprint density at radius 3 is 2.79 bits per heavy atom. The van der Waals surface area contributed by atoms with E-state index in [9.17, 15) is 14.0 Å². The second-order valence-electron chi connectivity index (χ2n) is 7.05. The molecular weight excluding hydrogens is 451 g/mol. The molecule has 0 saturated heterocycles. The predicted octanol–water partition coefficient (Wildman–Crippen LogP) is 3.64. The third kappa shape index (κ3) is 4.11. The van der Waals surface area contributed by atoms with Crippen LogP contribution < -0.4 is 11.0 Å². The summed E-state index contributed by atoms with van der Waals surface area (Å²) < 4.78 is 21.2. The molecule has 0 spiro atoms. The zero-order chi connectivity index (χ0) is 22.9. The van der Waals surface area contributed by atoms with E-state index in [2.05, 4.69) is 20.6 Å². The van der Waals surface area contributed by atoms with Crippen LogP contribution in [0.1, 0.15) is 0 Å². The molecule has 0 radical (unpaired) electrons. The minimum atomic E-state index is -0.516. The molecular formula is C22H14ClFN6O3. The summed E-state index contributed by atoms with van der Waals surface area (Å²) in [5, 5.41) is 11.3. The van der Waals surface area contributed by atoms with Crippen LogP contribution >= 0.6 is 11.6 Å². The maximum Gasteiger partial charge on any atom is 0.350 e. The quantitative estimate of drug-likeness (QED) is 0.425. The highest BCUT2D eigenvalue weighted by atomic mass is 35.5. The van der Waals surface area contributed by atoms with Gasteiger partial charge in [0.2, 0.25) is 11.7 Å². The Kier molecular flexibility index (Phi) is 5.19. The monoisotopic (exact) mass is 464 g/mol. The summed E-state index contributed by atoms with van der Waals surface area (Å²) in [4.78, 5) is 29.5. The maximum atomic E-state index is 13.5. The van der Waals surface area contributed by atoms with Crippen molar-refractivity contribution in [2.75, 3.05) is 5.32 Å². The number of benzene rings is 2. The van der Waals surface area contributed by atoms with Crippen LogP contribution in [-0.2, 0) is 11.3 Å². The van der Waals surface area contributed by atoms with E-state index in [0.29, 0.717) is 21.8 Å². The summed E-state index contributed by atoms with van der Waals surface area (Å²) in [6, 6.07) is 15.7. The van der Waals surface area contributed by atoms with Crippen molar-refractivity contribution in [1.29, 1.82) is 0 Å². The molecule has 5 rings (SSSR count). The van der Waals surface area contributed by atoms with Crippen molar-refractivity contribution in [1.82, 2.24) is 24.3 Å². The number of carbonyl (C=O) groups is 1. The van der Waals surface area contributed by atoms with E-state index in [0.717, 1.165) is 4.68 Å². The van der Waals surface area contributed by atoms with Crippen LogP contribution in [0.2, 0.25) is 5.02 Å². The fourth-order valence-electron chi connectivity index (χ4n) is 3.29. The Hall–Kier alpha value is -4.31. The number of aromatic nitrogens is 5. The molecule has 3 aromatic heterocycles. The van der Waals surface area contributed by atoms with Gasteiger partial charge in [-0.05, 0) is 42.5 Å². The van der Waals surface area contributed by atoms with Crippen LogP contribution in [0.3, 0.4) is 0 Å². The number of halogens is 2. The largest absolute Gasteiger partial charge is 0.350 e. The first-order valence-corrected chi connectivity index (χ1v) is 10.1. The Balaban J connectivity index is 1.46. The van der Waals surface area contributed by atoms with Gasteiger partial charge in [0.05, 0.1) is 5.56 Å². The van der Waals surface area contributed by atoms with Crippen molar-refractivity contribution in [3.05, 3.63) is 88.2 Å². The highest BCUT2D eigenvalue weighted by Crippen LogP contribution is 2.25. The van der Waals surface area contributed by atoms with Gasteiger partial charge in [-0.25, -0.2) is 18.3 Å². The van der Waals surface area contributed by atoms with E-state index in [1.54, 1.807) is 42.5 Å². The number of amides is 1. The van der Waals surface area contributed by atoms with E-state index < -0.39 is 17.4 Å². The van der Waals surface area contributed by atoms with Gasteiger partial charge in [-0.3, -0.25) is 4.79 Å².